The van der Waals surface area contributed by atoms with Crippen LogP contribution < -0.4 is 15.4 Å². The zero-order valence-corrected chi connectivity index (χ0v) is 16.5. The van der Waals surface area contributed by atoms with Crippen molar-refractivity contribution in [1.82, 2.24) is 15.6 Å². The Kier molecular flexibility index (Phi) is 7.25. The summed E-state index contributed by atoms with van der Waals surface area (Å²) in [6.45, 7) is 9.69. The van der Waals surface area contributed by atoms with Gasteiger partial charge in [-0.05, 0) is 38.8 Å². The highest BCUT2D eigenvalue weighted by Gasteiger charge is 2.09. The van der Waals surface area contributed by atoms with Crippen LogP contribution in [0.5, 0.6) is 5.75 Å². The molecule has 2 rings (SSSR count). The lowest BCUT2D eigenvalue weighted by molar-refractivity contribution is 0.215. The van der Waals surface area contributed by atoms with E-state index in [1.54, 1.807) is 18.4 Å². The summed E-state index contributed by atoms with van der Waals surface area (Å²) in [4.78, 5) is 9.85. The maximum Gasteiger partial charge on any atom is 0.191 e. The minimum atomic E-state index is 0.200. The van der Waals surface area contributed by atoms with Crippen molar-refractivity contribution in [3.05, 3.63) is 45.4 Å². The maximum atomic E-state index is 6.06. The van der Waals surface area contributed by atoms with Crippen molar-refractivity contribution in [3.63, 3.8) is 0 Å². The smallest absolute Gasteiger partial charge is 0.191 e. The van der Waals surface area contributed by atoms with E-state index < -0.39 is 0 Å². The van der Waals surface area contributed by atoms with Gasteiger partial charge in [0.25, 0.3) is 0 Å². The molecule has 0 amide bonds. The first-order valence-corrected chi connectivity index (χ1v) is 9.45. The number of aryl methyl sites for hydroxylation is 2. The lowest BCUT2D eigenvalue weighted by atomic mass is 10.1. The van der Waals surface area contributed by atoms with Gasteiger partial charge in [-0.2, -0.15) is 0 Å². The number of benzene rings is 1. The SMILES string of the molecule is CCC(C)Oc1cc(C)ccc1CNC(=NC)NCc1ncc(C)s1. The Labute approximate surface area is 154 Å². The first-order valence-electron chi connectivity index (χ1n) is 8.63. The Morgan fingerprint density at radius 1 is 1.28 bits per heavy atom. The lowest BCUT2D eigenvalue weighted by Crippen LogP contribution is -2.36. The molecule has 136 valence electrons. The second-order valence-corrected chi connectivity index (χ2v) is 7.41. The van der Waals surface area contributed by atoms with E-state index in [9.17, 15) is 0 Å². The Morgan fingerprint density at radius 2 is 2.04 bits per heavy atom. The molecule has 1 unspecified atom stereocenters. The van der Waals surface area contributed by atoms with Gasteiger partial charge in [0.2, 0.25) is 0 Å². The summed E-state index contributed by atoms with van der Waals surface area (Å²) in [6, 6.07) is 6.31. The molecule has 0 bridgehead atoms. The lowest BCUT2D eigenvalue weighted by Gasteiger charge is -2.18. The minimum Gasteiger partial charge on any atom is -0.490 e. The molecule has 1 atom stereocenters. The second-order valence-electron chi connectivity index (χ2n) is 6.09. The van der Waals surface area contributed by atoms with Crippen LogP contribution >= 0.6 is 11.3 Å². The molecule has 0 fully saturated rings. The van der Waals surface area contributed by atoms with Crippen molar-refractivity contribution in [2.75, 3.05) is 7.05 Å². The number of hydrogen-bond donors (Lipinski definition) is 2. The van der Waals surface area contributed by atoms with E-state index in [0.717, 1.165) is 28.7 Å². The second kappa shape index (κ2) is 9.42. The van der Waals surface area contributed by atoms with Crippen LogP contribution in [0.2, 0.25) is 0 Å². The summed E-state index contributed by atoms with van der Waals surface area (Å²) in [5, 5.41) is 7.70. The fourth-order valence-corrected chi connectivity index (χ4v) is 2.99. The zero-order valence-electron chi connectivity index (χ0n) is 15.7. The molecule has 2 N–H and O–H groups in total. The van der Waals surface area contributed by atoms with Gasteiger partial charge in [-0.15, -0.1) is 11.3 Å². The molecule has 0 saturated carbocycles. The summed E-state index contributed by atoms with van der Waals surface area (Å²) in [7, 11) is 1.77. The van der Waals surface area contributed by atoms with Crippen LogP contribution in [0.4, 0.5) is 0 Å². The van der Waals surface area contributed by atoms with Crippen molar-refractivity contribution in [3.8, 4) is 5.75 Å². The number of hydrogen-bond acceptors (Lipinski definition) is 4. The number of nitrogens with one attached hydrogen (secondary N) is 2. The summed E-state index contributed by atoms with van der Waals surface area (Å²) in [6.07, 6.45) is 3.08. The quantitative estimate of drug-likeness (QED) is 0.582. The van der Waals surface area contributed by atoms with Crippen LogP contribution in [-0.4, -0.2) is 24.1 Å². The molecule has 1 heterocycles. The third kappa shape index (κ3) is 6.05. The van der Waals surface area contributed by atoms with Crippen LogP contribution in [0.25, 0.3) is 0 Å². The van der Waals surface area contributed by atoms with Crippen molar-refractivity contribution in [2.45, 2.75) is 53.3 Å². The molecule has 5 nitrogen and oxygen atoms in total. The van der Waals surface area contributed by atoms with Crippen molar-refractivity contribution >= 4 is 17.3 Å². The van der Waals surface area contributed by atoms with Crippen molar-refractivity contribution in [1.29, 1.82) is 0 Å². The molecule has 1 aromatic carbocycles. The molecule has 0 aliphatic carbocycles. The van der Waals surface area contributed by atoms with Crippen LogP contribution in [-0.2, 0) is 13.1 Å². The molecule has 0 aliphatic rings. The first-order chi connectivity index (χ1) is 12.0. The van der Waals surface area contributed by atoms with E-state index in [1.807, 2.05) is 6.20 Å². The molecule has 1 aromatic heterocycles. The van der Waals surface area contributed by atoms with Gasteiger partial charge in [0.15, 0.2) is 5.96 Å². The van der Waals surface area contributed by atoms with Gasteiger partial charge in [-0.1, -0.05) is 19.1 Å². The number of guanidine groups is 1. The molecular weight excluding hydrogens is 332 g/mol. The third-order valence-corrected chi connectivity index (χ3v) is 4.78. The molecule has 0 radical (unpaired) electrons. The molecule has 0 spiro atoms. The number of nitrogens with zero attached hydrogens (tertiary/aromatic N) is 2. The summed E-state index contributed by atoms with van der Waals surface area (Å²) in [5.41, 5.74) is 2.32. The monoisotopic (exact) mass is 360 g/mol. The maximum absolute atomic E-state index is 6.06. The van der Waals surface area contributed by atoms with Gasteiger partial charge >= 0.3 is 0 Å². The molecular formula is C19H28N4OS. The van der Waals surface area contributed by atoms with Gasteiger partial charge in [0.1, 0.15) is 10.8 Å². The van der Waals surface area contributed by atoms with Gasteiger partial charge in [-0.25, -0.2) is 4.98 Å². The molecule has 6 heteroatoms. The summed E-state index contributed by atoms with van der Waals surface area (Å²) >= 11 is 1.69. The average Bonchev–Trinajstić information content (AvgIpc) is 3.01. The molecule has 0 aliphatic heterocycles. The zero-order chi connectivity index (χ0) is 18.2. The largest absolute Gasteiger partial charge is 0.490 e. The number of thiazole rings is 1. The minimum absolute atomic E-state index is 0.200. The highest BCUT2D eigenvalue weighted by molar-refractivity contribution is 7.11. The normalized spacial score (nSPS) is 12.8. The van der Waals surface area contributed by atoms with Crippen LogP contribution in [0.3, 0.4) is 0 Å². The van der Waals surface area contributed by atoms with E-state index in [2.05, 4.69) is 66.5 Å². The van der Waals surface area contributed by atoms with Gasteiger partial charge in [-0.3, -0.25) is 4.99 Å². The molecule has 2 aromatic rings. The highest BCUT2D eigenvalue weighted by atomic mass is 32.1. The number of ether oxygens (including phenoxy) is 1. The highest BCUT2D eigenvalue weighted by Crippen LogP contribution is 2.22. The van der Waals surface area contributed by atoms with Crippen molar-refractivity contribution in [2.24, 2.45) is 4.99 Å². The summed E-state index contributed by atoms with van der Waals surface area (Å²) < 4.78 is 6.06. The van der Waals surface area contributed by atoms with E-state index in [1.165, 1.54) is 10.4 Å². The number of aliphatic imine (C=N–C) groups is 1. The predicted octanol–water partition coefficient (Wildman–Crippen LogP) is 3.80. The van der Waals surface area contributed by atoms with Crippen LogP contribution in [0, 0.1) is 13.8 Å². The Balaban J connectivity index is 1.96. The first kappa shape index (κ1) is 19.2. The Hall–Kier alpha value is -2.08. The number of aromatic nitrogens is 1. The van der Waals surface area contributed by atoms with Crippen LogP contribution in [0.1, 0.15) is 41.3 Å². The van der Waals surface area contributed by atoms with E-state index in [4.69, 9.17) is 4.74 Å². The number of rotatable bonds is 7. The van der Waals surface area contributed by atoms with E-state index in [-0.39, 0.29) is 6.10 Å². The molecule has 25 heavy (non-hydrogen) atoms. The molecule has 0 saturated heterocycles. The third-order valence-electron chi connectivity index (χ3n) is 3.87. The average molecular weight is 361 g/mol. The fraction of sp³-hybridized carbons (Fsp3) is 0.474. The fourth-order valence-electron chi connectivity index (χ4n) is 2.26. The van der Waals surface area contributed by atoms with Crippen LogP contribution in [0.15, 0.2) is 29.4 Å². The predicted molar refractivity (Wildman–Crippen MR) is 105 cm³/mol. The Bertz CT molecular complexity index is 711. The van der Waals surface area contributed by atoms with Gasteiger partial charge < -0.3 is 15.4 Å². The standard InChI is InChI=1S/C19H28N4OS/c1-6-14(3)24-17-9-13(2)7-8-16(17)11-22-19(20-5)23-12-18-21-10-15(4)25-18/h7-10,14H,6,11-12H2,1-5H3,(H2,20,22,23). The van der Waals surface area contributed by atoms with E-state index >= 15 is 0 Å². The van der Waals surface area contributed by atoms with Gasteiger partial charge in [0, 0.05) is 30.2 Å². The van der Waals surface area contributed by atoms with Gasteiger partial charge in [0.05, 0.1) is 12.6 Å². The Morgan fingerprint density at radius 3 is 2.68 bits per heavy atom. The van der Waals surface area contributed by atoms with Crippen molar-refractivity contribution < 1.29 is 4.74 Å². The summed E-state index contributed by atoms with van der Waals surface area (Å²) in [5.74, 6) is 1.69. The van der Waals surface area contributed by atoms with E-state index in [0.29, 0.717) is 13.1 Å². The topological polar surface area (TPSA) is 58.5 Å².